The van der Waals surface area contributed by atoms with Crippen LogP contribution in [0.3, 0.4) is 0 Å². The number of aromatic nitrogens is 2. The largest absolute Gasteiger partial charge is 0.313 e. The number of hydrogen-bond donors (Lipinski definition) is 1. The Morgan fingerprint density at radius 2 is 2.24 bits per heavy atom. The van der Waals surface area contributed by atoms with E-state index < -0.39 is 0 Å². The van der Waals surface area contributed by atoms with Gasteiger partial charge in [0.25, 0.3) is 0 Å². The number of nitrogens with one attached hydrogen (secondary N) is 1. The number of aryl methyl sites for hydroxylation is 1. The molecule has 17 heavy (non-hydrogen) atoms. The molecule has 1 N–H and O–H groups in total. The number of halogens is 1. The molecule has 0 aliphatic rings. The second-order valence-corrected chi connectivity index (χ2v) is 4.45. The highest BCUT2D eigenvalue weighted by Crippen LogP contribution is 2.18. The van der Waals surface area contributed by atoms with Crippen molar-refractivity contribution in [3.63, 3.8) is 0 Å². The van der Waals surface area contributed by atoms with Gasteiger partial charge >= 0.3 is 0 Å². The summed E-state index contributed by atoms with van der Waals surface area (Å²) >= 11 is 5.90. The molecular weight excluding hydrogens is 234 g/mol. The molecule has 4 heteroatoms. The zero-order chi connectivity index (χ0) is 12.3. The third-order valence-corrected chi connectivity index (χ3v) is 2.79. The van der Waals surface area contributed by atoms with Gasteiger partial charge in [-0.15, -0.1) is 0 Å². The van der Waals surface area contributed by atoms with Gasteiger partial charge < -0.3 is 5.32 Å². The van der Waals surface area contributed by atoms with Gasteiger partial charge in [0.1, 0.15) is 0 Å². The van der Waals surface area contributed by atoms with Gasteiger partial charge in [0.05, 0.1) is 16.9 Å². The maximum atomic E-state index is 5.90. The van der Waals surface area contributed by atoms with E-state index in [1.165, 1.54) is 11.1 Å². The minimum atomic E-state index is 0.653. The van der Waals surface area contributed by atoms with Gasteiger partial charge in [0.2, 0.25) is 0 Å². The quantitative estimate of drug-likeness (QED) is 0.903. The SMILES string of the molecule is CCNCc1cc(C)ccc1-n1cc(Cl)cn1. The van der Waals surface area contributed by atoms with E-state index in [-0.39, 0.29) is 0 Å². The summed E-state index contributed by atoms with van der Waals surface area (Å²) < 4.78 is 1.81. The summed E-state index contributed by atoms with van der Waals surface area (Å²) in [6.45, 7) is 5.98. The third-order valence-electron chi connectivity index (χ3n) is 2.60. The lowest BCUT2D eigenvalue weighted by Crippen LogP contribution is -2.14. The van der Waals surface area contributed by atoms with Crippen LogP contribution >= 0.6 is 11.6 Å². The molecule has 1 aromatic carbocycles. The maximum absolute atomic E-state index is 5.90. The lowest BCUT2D eigenvalue weighted by Gasteiger charge is -2.11. The molecule has 1 aromatic heterocycles. The molecule has 0 spiro atoms. The van der Waals surface area contributed by atoms with Gasteiger partial charge in [0, 0.05) is 12.7 Å². The molecule has 0 saturated heterocycles. The van der Waals surface area contributed by atoms with Crippen LogP contribution in [0.5, 0.6) is 0 Å². The van der Waals surface area contributed by atoms with Gasteiger partial charge in [0.15, 0.2) is 0 Å². The van der Waals surface area contributed by atoms with Gasteiger partial charge in [-0.3, -0.25) is 0 Å². The van der Waals surface area contributed by atoms with Crippen LogP contribution in [-0.2, 0) is 6.54 Å². The lowest BCUT2D eigenvalue weighted by molar-refractivity contribution is 0.716. The molecule has 0 radical (unpaired) electrons. The van der Waals surface area contributed by atoms with Crippen LogP contribution in [0.25, 0.3) is 5.69 Å². The smallest absolute Gasteiger partial charge is 0.0790 e. The minimum Gasteiger partial charge on any atom is -0.313 e. The Hall–Kier alpha value is -1.32. The van der Waals surface area contributed by atoms with Crippen molar-refractivity contribution < 1.29 is 0 Å². The molecule has 3 nitrogen and oxygen atoms in total. The van der Waals surface area contributed by atoms with Crippen LogP contribution in [0.2, 0.25) is 5.02 Å². The van der Waals surface area contributed by atoms with E-state index in [0.29, 0.717) is 5.02 Å². The minimum absolute atomic E-state index is 0.653. The summed E-state index contributed by atoms with van der Waals surface area (Å²) in [7, 11) is 0. The molecule has 0 bridgehead atoms. The van der Waals surface area contributed by atoms with Crippen LogP contribution in [0, 0.1) is 6.92 Å². The molecule has 0 saturated carbocycles. The fourth-order valence-corrected chi connectivity index (χ4v) is 1.91. The molecule has 2 aromatic rings. The van der Waals surface area contributed by atoms with Crippen molar-refractivity contribution in [3.05, 3.63) is 46.7 Å². The summed E-state index contributed by atoms with van der Waals surface area (Å²) in [5.41, 5.74) is 3.55. The summed E-state index contributed by atoms with van der Waals surface area (Å²) in [6.07, 6.45) is 3.47. The highest BCUT2D eigenvalue weighted by Gasteiger charge is 2.06. The van der Waals surface area contributed by atoms with Crippen LogP contribution in [-0.4, -0.2) is 16.3 Å². The number of nitrogens with zero attached hydrogens (tertiary/aromatic N) is 2. The second-order valence-electron chi connectivity index (χ2n) is 4.02. The first kappa shape index (κ1) is 12.1. The summed E-state index contributed by atoms with van der Waals surface area (Å²) in [6, 6.07) is 6.33. The Labute approximate surface area is 106 Å². The van der Waals surface area contributed by atoms with Crippen molar-refractivity contribution in [1.29, 1.82) is 0 Å². The lowest BCUT2D eigenvalue weighted by atomic mass is 10.1. The average Bonchev–Trinajstić information content (AvgIpc) is 2.73. The van der Waals surface area contributed by atoms with E-state index in [1.54, 1.807) is 6.20 Å². The highest BCUT2D eigenvalue weighted by atomic mass is 35.5. The van der Waals surface area contributed by atoms with E-state index >= 15 is 0 Å². The zero-order valence-corrected chi connectivity index (χ0v) is 10.8. The highest BCUT2D eigenvalue weighted by molar-refractivity contribution is 6.30. The fourth-order valence-electron chi connectivity index (χ4n) is 1.77. The van der Waals surface area contributed by atoms with Gasteiger partial charge in [-0.05, 0) is 25.1 Å². The third kappa shape index (κ3) is 2.87. The first-order valence-corrected chi connectivity index (χ1v) is 6.09. The standard InChI is InChI=1S/C13H16ClN3/c1-3-15-7-11-6-10(2)4-5-13(11)17-9-12(14)8-16-17/h4-6,8-9,15H,3,7H2,1-2H3. The molecule has 0 atom stereocenters. The Kier molecular flexibility index (Phi) is 3.82. The van der Waals surface area contributed by atoms with Crippen molar-refractivity contribution in [1.82, 2.24) is 15.1 Å². The Bertz CT molecular complexity index is 505. The Morgan fingerprint density at radius 1 is 1.41 bits per heavy atom. The normalized spacial score (nSPS) is 10.8. The summed E-state index contributed by atoms with van der Waals surface area (Å²) in [5, 5.41) is 8.23. The van der Waals surface area contributed by atoms with Gasteiger partial charge in [-0.1, -0.05) is 36.2 Å². The van der Waals surface area contributed by atoms with Crippen LogP contribution in [0.15, 0.2) is 30.6 Å². The van der Waals surface area contributed by atoms with E-state index in [0.717, 1.165) is 18.8 Å². The van der Waals surface area contributed by atoms with E-state index in [9.17, 15) is 0 Å². The molecule has 1 heterocycles. The van der Waals surface area contributed by atoms with Crippen molar-refractivity contribution in [2.75, 3.05) is 6.54 Å². The van der Waals surface area contributed by atoms with Crippen molar-refractivity contribution in [2.24, 2.45) is 0 Å². The fraction of sp³-hybridized carbons (Fsp3) is 0.308. The van der Waals surface area contributed by atoms with Gasteiger partial charge in [-0.25, -0.2) is 4.68 Å². The molecule has 90 valence electrons. The molecule has 0 aliphatic heterocycles. The zero-order valence-electron chi connectivity index (χ0n) is 10.1. The van der Waals surface area contributed by atoms with Gasteiger partial charge in [-0.2, -0.15) is 5.10 Å². The first-order chi connectivity index (χ1) is 8.20. The number of benzene rings is 1. The van der Waals surface area contributed by atoms with Crippen LogP contribution < -0.4 is 5.32 Å². The maximum Gasteiger partial charge on any atom is 0.0790 e. The van der Waals surface area contributed by atoms with Crippen molar-refractivity contribution in [3.8, 4) is 5.69 Å². The first-order valence-electron chi connectivity index (χ1n) is 5.71. The monoisotopic (exact) mass is 249 g/mol. The van der Waals surface area contributed by atoms with Crippen molar-refractivity contribution in [2.45, 2.75) is 20.4 Å². The van der Waals surface area contributed by atoms with E-state index in [1.807, 2.05) is 10.9 Å². The Morgan fingerprint density at radius 3 is 2.88 bits per heavy atom. The molecule has 2 rings (SSSR count). The van der Waals surface area contributed by atoms with Crippen LogP contribution in [0.1, 0.15) is 18.1 Å². The van der Waals surface area contributed by atoms with E-state index in [2.05, 4.69) is 42.5 Å². The topological polar surface area (TPSA) is 29.9 Å². The molecule has 0 unspecified atom stereocenters. The predicted molar refractivity (Wildman–Crippen MR) is 70.7 cm³/mol. The average molecular weight is 250 g/mol. The van der Waals surface area contributed by atoms with E-state index in [4.69, 9.17) is 11.6 Å². The number of hydrogen-bond acceptors (Lipinski definition) is 2. The second kappa shape index (κ2) is 5.34. The molecule has 0 fully saturated rings. The molecular formula is C13H16ClN3. The summed E-state index contributed by atoms with van der Waals surface area (Å²) in [4.78, 5) is 0. The molecule has 0 aliphatic carbocycles. The predicted octanol–water partition coefficient (Wildman–Crippen LogP) is 2.94. The number of rotatable bonds is 4. The Balaban J connectivity index is 2.38. The van der Waals surface area contributed by atoms with Crippen molar-refractivity contribution >= 4 is 11.6 Å². The molecule has 0 amide bonds. The summed E-state index contributed by atoms with van der Waals surface area (Å²) in [5.74, 6) is 0. The van der Waals surface area contributed by atoms with Crippen LogP contribution in [0.4, 0.5) is 0 Å².